The van der Waals surface area contributed by atoms with E-state index in [0.29, 0.717) is 28.9 Å². The van der Waals surface area contributed by atoms with E-state index in [4.69, 9.17) is 9.41 Å². The Bertz CT molecular complexity index is 1450. The molecule has 0 saturated carbocycles. The summed E-state index contributed by atoms with van der Waals surface area (Å²) in [5.74, 6) is 0.592. The van der Waals surface area contributed by atoms with Crippen molar-refractivity contribution in [3.63, 3.8) is 0 Å². The summed E-state index contributed by atoms with van der Waals surface area (Å²) in [5, 5.41) is 2.68. The Hall–Kier alpha value is -3.35. The van der Waals surface area contributed by atoms with Crippen molar-refractivity contribution >= 4 is 35.9 Å². The minimum atomic E-state index is -2.77. The van der Waals surface area contributed by atoms with E-state index >= 15 is 0 Å². The summed E-state index contributed by atoms with van der Waals surface area (Å²) < 4.78 is 8.78. The smallest absolute Gasteiger partial charge is 0.261 e. The molecule has 4 rings (SSSR count). The van der Waals surface area contributed by atoms with Crippen LogP contribution in [0.2, 0.25) is 5.04 Å². The third-order valence-electron chi connectivity index (χ3n) is 7.15. The maximum absolute atomic E-state index is 13.4. The fourth-order valence-corrected chi connectivity index (χ4v) is 10.1. The van der Waals surface area contributed by atoms with Gasteiger partial charge in [0.1, 0.15) is 5.82 Å². The van der Waals surface area contributed by atoms with Gasteiger partial charge >= 0.3 is 0 Å². The van der Waals surface area contributed by atoms with Crippen LogP contribution in [0.5, 0.6) is 0 Å². The van der Waals surface area contributed by atoms with Gasteiger partial charge in [-0.15, -0.1) is 0 Å². The minimum absolute atomic E-state index is 0.162. The van der Waals surface area contributed by atoms with Gasteiger partial charge in [-0.1, -0.05) is 95.3 Å². The number of hydrogen-bond acceptors (Lipinski definition) is 4. The van der Waals surface area contributed by atoms with Crippen LogP contribution < -0.4 is 15.9 Å². The minimum Gasteiger partial charge on any atom is -0.406 e. The molecule has 0 radical (unpaired) electrons. The predicted octanol–water partition coefficient (Wildman–Crippen LogP) is 4.91. The lowest BCUT2D eigenvalue weighted by atomic mass is 9.93. The van der Waals surface area contributed by atoms with Gasteiger partial charge < -0.3 is 4.43 Å². The van der Waals surface area contributed by atoms with Crippen LogP contribution in [0.1, 0.15) is 56.4 Å². The summed E-state index contributed by atoms with van der Waals surface area (Å²) in [4.78, 5) is 30.1. The van der Waals surface area contributed by atoms with Crippen molar-refractivity contribution in [3.05, 3.63) is 100 Å². The number of carbonyl (C=O) groups is 1. The lowest BCUT2D eigenvalue weighted by molar-refractivity contribution is 0.112. The van der Waals surface area contributed by atoms with E-state index < -0.39 is 13.7 Å². The van der Waals surface area contributed by atoms with Crippen molar-refractivity contribution in [2.45, 2.75) is 52.0 Å². The van der Waals surface area contributed by atoms with Crippen molar-refractivity contribution in [2.75, 3.05) is 6.61 Å². The summed E-state index contributed by atoms with van der Waals surface area (Å²) >= 11 is 0. The molecule has 4 aromatic rings. The molecule has 3 aromatic carbocycles. The summed E-state index contributed by atoms with van der Waals surface area (Å²) in [6.45, 7) is 13.1. The Morgan fingerprint density at radius 3 is 1.95 bits per heavy atom. The Labute approximate surface area is 220 Å². The Kier molecular flexibility index (Phi) is 7.10. The third kappa shape index (κ3) is 4.71. The van der Waals surface area contributed by atoms with Crippen LogP contribution in [0.25, 0.3) is 10.9 Å². The number of rotatable bonds is 7. The molecule has 0 atom stereocenters. The van der Waals surface area contributed by atoms with E-state index in [0.717, 1.165) is 11.8 Å². The maximum Gasteiger partial charge on any atom is 0.261 e. The first-order chi connectivity index (χ1) is 17.4. The van der Waals surface area contributed by atoms with E-state index in [9.17, 15) is 9.59 Å². The highest BCUT2D eigenvalue weighted by molar-refractivity contribution is 6.99. The Morgan fingerprint density at radius 1 is 0.919 bits per heavy atom. The highest BCUT2D eigenvalue weighted by atomic mass is 28.4. The van der Waals surface area contributed by atoms with E-state index in [1.54, 1.807) is 23.7 Å². The third-order valence-corrected chi connectivity index (χ3v) is 12.1. The van der Waals surface area contributed by atoms with Gasteiger partial charge in [-0.25, -0.2) is 4.98 Å². The molecule has 1 heterocycles. The quantitative estimate of drug-likeness (QED) is 0.261. The summed E-state index contributed by atoms with van der Waals surface area (Å²) in [5.41, 5.74) is 0.955. The van der Waals surface area contributed by atoms with Gasteiger partial charge in [0.05, 0.1) is 10.9 Å². The molecule has 0 aliphatic carbocycles. The maximum atomic E-state index is 13.4. The van der Waals surface area contributed by atoms with Crippen molar-refractivity contribution in [3.8, 4) is 0 Å². The Balaban J connectivity index is 1.87. The topological polar surface area (TPSA) is 61.2 Å². The van der Waals surface area contributed by atoms with Crippen molar-refractivity contribution in [1.82, 2.24) is 9.55 Å². The Morgan fingerprint density at radius 2 is 1.46 bits per heavy atom. The number of carbonyl (C=O) groups excluding carboxylic acids is 1. The van der Waals surface area contributed by atoms with Crippen LogP contribution in [-0.4, -0.2) is 30.8 Å². The van der Waals surface area contributed by atoms with Crippen LogP contribution in [0.15, 0.2) is 77.6 Å². The lowest BCUT2D eigenvalue weighted by Gasteiger charge is -2.44. The number of benzene rings is 3. The molecule has 0 spiro atoms. The van der Waals surface area contributed by atoms with Crippen molar-refractivity contribution in [2.24, 2.45) is 7.05 Å². The van der Waals surface area contributed by atoms with E-state index in [2.05, 4.69) is 69.3 Å². The number of fused-ring (bicyclic) bond motifs is 1. The van der Waals surface area contributed by atoms with Crippen LogP contribution in [0.4, 0.5) is 0 Å². The van der Waals surface area contributed by atoms with Gasteiger partial charge in [-0.2, -0.15) is 0 Å². The molecule has 0 fully saturated rings. The molecule has 0 saturated heterocycles. The molecular weight excluding hydrogens is 476 g/mol. The molecule has 0 bridgehead atoms. The molecule has 0 aliphatic rings. The van der Waals surface area contributed by atoms with Crippen molar-refractivity contribution in [1.29, 1.82) is 0 Å². The van der Waals surface area contributed by atoms with Gasteiger partial charge in [0, 0.05) is 24.6 Å². The fourth-order valence-electron chi connectivity index (χ4n) is 5.36. The second-order valence-corrected chi connectivity index (χ2v) is 15.8. The van der Waals surface area contributed by atoms with E-state index in [-0.39, 0.29) is 10.6 Å². The second kappa shape index (κ2) is 9.84. The van der Waals surface area contributed by atoms with Crippen LogP contribution in [0.3, 0.4) is 0 Å². The number of aldehydes is 1. The molecule has 6 heteroatoms. The first-order valence-electron chi connectivity index (χ1n) is 12.6. The molecule has 0 aliphatic heterocycles. The monoisotopic (exact) mass is 512 g/mol. The van der Waals surface area contributed by atoms with Gasteiger partial charge in [0.2, 0.25) is 0 Å². The largest absolute Gasteiger partial charge is 0.406 e. The molecule has 5 nitrogen and oxygen atoms in total. The zero-order valence-corrected chi connectivity index (χ0v) is 23.8. The van der Waals surface area contributed by atoms with E-state index in [1.165, 1.54) is 10.4 Å². The summed E-state index contributed by atoms with van der Waals surface area (Å²) in [6.07, 6.45) is 0.775. The molecule has 0 unspecified atom stereocenters. The van der Waals surface area contributed by atoms with Crippen LogP contribution >= 0.6 is 0 Å². The molecular formula is C31H36N2O3Si. The highest BCUT2D eigenvalue weighted by Crippen LogP contribution is 2.38. The molecule has 192 valence electrons. The second-order valence-electron chi connectivity index (χ2n) is 11.5. The average molecular weight is 513 g/mol. The number of nitrogens with zero attached hydrogens (tertiary/aromatic N) is 2. The van der Waals surface area contributed by atoms with E-state index in [1.807, 2.05) is 32.9 Å². The fraction of sp³-hybridized carbons (Fsp3) is 0.323. The molecule has 0 N–H and O–H groups in total. The first kappa shape index (κ1) is 26.7. The molecule has 1 aromatic heterocycles. The predicted molar refractivity (Wildman–Crippen MR) is 154 cm³/mol. The molecule has 37 heavy (non-hydrogen) atoms. The average Bonchev–Trinajstić information content (AvgIpc) is 2.86. The lowest BCUT2D eigenvalue weighted by Crippen LogP contribution is -2.67. The van der Waals surface area contributed by atoms with Gasteiger partial charge in [0.15, 0.2) is 6.29 Å². The number of aryl methyl sites for hydroxylation is 1. The number of hydrogen-bond donors (Lipinski definition) is 0. The van der Waals surface area contributed by atoms with Gasteiger partial charge in [-0.05, 0) is 40.0 Å². The van der Waals surface area contributed by atoms with Crippen LogP contribution in [-0.2, 0) is 16.9 Å². The van der Waals surface area contributed by atoms with Gasteiger partial charge in [-0.3, -0.25) is 14.2 Å². The zero-order valence-electron chi connectivity index (χ0n) is 22.8. The zero-order chi connectivity index (χ0) is 27.0. The van der Waals surface area contributed by atoms with Gasteiger partial charge in [0.25, 0.3) is 13.9 Å². The highest BCUT2D eigenvalue weighted by Gasteiger charge is 2.51. The first-order valence-corrected chi connectivity index (χ1v) is 14.6. The standard InChI is InChI=1S/C31H36N2O3Si/c1-22-18-23(20-34)27-26(19-22)28(35)33(7)29(32-27)31(5,6)21-36-37(30(2,3)4,24-14-10-8-11-15-24)25-16-12-9-13-17-25/h8-20H,21H2,1-7H3. The normalized spacial score (nSPS) is 12.6. The SMILES string of the molecule is Cc1cc(C=O)c2nc(C(C)(C)CO[Si](c3ccccc3)(c3ccccc3)C(C)(C)C)n(C)c(=O)c2c1. The van der Waals surface area contributed by atoms with Crippen LogP contribution in [0, 0.1) is 6.92 Å². The summed E-state index contributed by atoms with van der Waals surface area (Å²) in [7, 11) is -1.03. The summed E-state index contributed by atoms with van der Waals surface area (Å²) in [6, 6.07) is 24.6. The number of aromatic nitrogens is 2. The van der Waals surface area contributed by atoms with Crippen molar-refractivity contribution < 1.29 is 9.22 Å². The molecule has 0 amide bonds.